The summed E-state index contributed by atoms with van der Waals surface area (Å²) < 4.78 is 74.6. The first kappa shape index (κ1) is 22.5. The molecule has 0 spiro atoms. The van der Waals surface area contributed by atoms with Crippen LogP contribution in [-0.2, 0) is 17.5 Å². The van der Waals surface area contributed by atoms with Crippen LogP contribution in [0.2, 0.25) is 0 Å². The topological polar surface area (TPSA) is 53.2 Å². The summed E-state index contributed by atoms with van der Waals surface area (Å²) in [5.74, 6) is -1.18. The van der Waals surface area contributed by atoms with E-state index in [0.29, 0.717) is 11.3 Å². The van der Waals surface area contributed by atoms with Gasteiger partial charge in [-0.25, -0.2) is 0 Å². The van der Waals surface area contributed by atoms with Crippen molar-refractivity contribution in [1.82, 2.24) is 5.32 Å². The van der Waals surface area contributed by atoms with Crippen molar-refractivity contribution in [3.63, 3.8) is 0 Å². The van der Waals surface area contributed by atoms with Crippen LogP contribution in [-0.4, -0.2) is 17.2 Å². The van der Waals surface area contributed by atoms with Gasteiger partial charge < -0.3 is 16.0 Å². The lowest BCUT2D eigenvalue weighted by molar-refractivity contribution is -0.150. The molecule has 2 rings (SSSR count). The van der Waals surface area contributed by atoms with Gasteiger partial charge in [-0.3, -0.25) is 4.79 Å². The Labute approximate surface area is 167 Å². The van der Waals surface area contributed by atoms with Crippen LogP contribution in [0.3, 0.4) is 0 Å². The molecule has 0 fully saturated rings. The fraction of sp³-hybridized carbons (Fsp3) is 0.222. The second-order valence-corrected chi connectivity index (χ2v) is 6.33. The summed E-state index contributed by atoms with van der Waals surface area (Å²) in [5.41, 5.74) is 0.263. The van der Waals surface area contributed by atoms with Crippen molar-refractivity contribution in [2.45, 2.75) is 25.3 Å². The minimum absolute atomic E-state index is 0.0569. The summed E-state index contributed by atoms with van der Waals surface area (Å²) in [4.78, 5) is 11.2. The molecular formula is C18H15F6N3OS. The lowest BCUT2D eigenvalue weighted by Gasteiger charge is -2.13. The van der Waals surface area contributed by atoms with Crippen LogP contribution < -0.4 is 16.0 Å². The van der Waals surface area contributed by atoms with E-state index < -0.39 is 30.2 Å². The standard InChI is InChI=1S/C18H15F6N3OS/c19-17(20,21)9-15(28)26-13-4-6-14(7-5-13)27-16(29)25-10-11-2-1-3-12(8-11)18(22,23)24/h1-8H,9-10H2,(H,26,28)(H2,25,27,29). The van der Waals surface area contributed by atoms with Crippen molar-refractivity contribution < 1.29 is 31.1 Å². The number of carbonyl (C=O) groups is 1. The van der Waals surface area contributed by atoms with E-state index in [9.17, 15) is 31.1 Å². The third-order valence-corrected chi connectivity index (χ3v) is 3.74. The van der Waals surface area contributed by atoms with E-state index in [2.05, 4.69) is 16.0 Å². The van der Waals surface area contributed by atoms with Gasteiger partial charge in [0.25, 0.3) is 0 Å². The van der Waals surface area contributed by atoms with Crippen LogP contribution in [0.5, 0.6) is 0 Å². The third kappa shape index (κ3) is 7.98. The molecule has 0 aliphatic heterocycles. The van der Waals surface area contributed by atoms with E-state index in [1.165, 1.54) is 36.4 Å². The summed E-state index contributed by atoms with van der Waals surface area (Å²) in [7, 11) is 0. The number of hydrogen-bond acceptors (Lipinski definition) is 2. The summed E-state index contributed by atoms with van der Waals surface area (Å²) in [5, 5.41) is 7.79. The predicted molar refractivity (Wildman–Crippen MR) is 100 cm³/mol. The van der Waals surface area contributed by atoms with Crippen LogP contribution in [0.15, 0.2) is 48.5 Å². The quantitative estimate of drug-likeness (QED) is 0.453. The molecule has 0 bridgehead atoms. The number of rotatable bonds is 5. The number of benzene rings is 2. The third-order valence-electron chi connectivity index (χ3n) is 3.49. The highest BCUT2D eigenvalue weighted by molar-refractivity contribution is 7.80. The normalized spacial score (nSPS) is 11.7. The molecule has 0 radical (unpaired) electrons. The molecule has 1 amide bonds. The van der Waals surface area contributed by atoms with Crippen molar-refractivity contribution in [1.29, 1.82) is 0 Å². The first-order chi connectivity index (χ1) is 13.4. The highest BCUT2D eigenvalue weighted by Gasteiger charge is 2.31. The van der Waals surface area contributed by atoms with Crippen molar-refractivity contribution in [2.24, 2.45) is 0 Å². The molecule has 0 aliphatic carbocycles. The van der Waals surface area contributed by atoms with Gasteiger partial charge in [0.15, 0.2) is 5.11 Å². The first-order valence-electron chi connectivity index (χ1n) is 8.10. The van der Waals surface area contributed by atoms with Gasteiger partial charge in [0, 0.05) is 17.9 Å². The molecule has 2 aromatic rings. The summed E-state index contributed by atoms with van der Waals surface area (Å²) in [6.07, 6.45) is -10.6. The summed E-state index contributed by atoms with van der Waals surface area (Å²) in [6, 6.07) is 10.5. The fourth-order valence-electron chi connectivity index (χ4n) is 2.24. The number of alkyl halides is 6. The molecule has 0 atom stereocenters. The summed E-state index contributed by atoms with van der Waals surface area (Å²) >= 11 is 5.06. The largest absolute Gasteiger partial charge is 0.416 e. The van der Waals surface area contributed by atoms with Gasteiger partial charge in [-0.1, -0.05) is 12.1 Å². The molecule has 3 N–H and O–H groups in total. The van der Waals surface area contributed by atoms with E-state index in [0.717, 1.165) is 12.1 Å². The molecule has 0 aliphatic rings. The van der Waals surface area contributed by atoms with Crippen LogP contribution in [0, 0.1) is 0 Å². The average Bonchev–Trinajstić information content (AvgIpc) is 2.59. The minimum atomic E-state index is -4.59. The number of halogens is 6. The van der Waals surface area contributed by atoms with Crippen molar-refractivity contribution in [3.05, 3.63) is 59.7 Å². The Hall–Kier alpha value is -2.82. The maximum Gasteiger partial charge on any atom is 0.416 e. The lowest BCUT2D eigenvalue weighted by Crippen LogP contribution is -2.28. The van der Waals surface area contributed by atoms with Gasteiger partial charge in [0.2, 0.25) is 5.91 Å². The summed E-state index contributed by atoms with van der Waals surface area (Å²) in [6.45, 7) is 0.0569. The van der Waals surface area contributed by atoms with Gasteiger partial charge in [-0.15, -0.1) is 0 Å². The van der Waals surface area contributed by atoms with Crippen molar-refractivity contribution in [2.75, 3.05) is 10.6 Å². The zero-order valence-electron chi connectivity index (χ0n) is 14.6. The number of thiocarbonyl (C=S) groups is 1. The van der Waals surface area contributed by atoms with Crippen LogP contribution >= 0.6 is 12.2 Å². The Kier molecular flexibility index (Phi) is 7.07. The molecule has 4 nitrogen and oxygen atoms in total. The molecule has 0 aromatic heterocycles. The van der Waals surface area contributed by atoms with Gasteiger partial charge in [-0.05, 0) is 54.2 Å². The van der Waals surface area contributed by atoms with Crippen LogP contribution in [0.4, 0.5) is 37.7 Å². The van der Waals surface area contributed by atoms with E-state index >= 15 is 0 Å². The van der Waals surface area contributed by atoms with Crippen LogP contribution in [0.25, 0.3) is 0 Å². The SMILES string of the molecule is O=C(CC(F)(F)F)Nc1ccc(NC(=S)NCc2cccc(C(F)(F)F)c2)cc1. The Balaban J connectivity index is 1.86. The number of carbonyl (C=O) groups excluding carboxylic acids is 1. The molecule has 0 heterocycles. The molecule has 0 saturated heterocycles. The Morgan fingerprint density at radius 3 is 2.03 bits per heavy atom. The maximum absolute atomic E-state index is 12.7. The zero-order valence-corrected chi connectivity index (χ0v) is 15.4. The van der Waals surface area contributed by atoms with E-state index in [1.54, 1.807) is 0 Å². The predicted octanol–water partition coefficient (Wildman–Crippen LogP) is 5.08. The Morgan fingerprint density at radius 1 is 0.897 bits per heavy atom. The van der Waals surface area contributed by atoms with Gasteiger partial charge in [0.1, 0.15) is 6.42 Å². The van der Waals surface area contributed by atoms with Crippen molar-refractivity contribution in [3.8, 4) is 0 Å². The van der Waals surface area contributed by atoms with Gasteiger partial charge in [-0.2, -0.15) is 26.3 Å². The molecular weight excluding hydrogens is 420 g/mol. The molecule has 0 saturated carbocycles. The number of hydrogen-bond donors (Lipinski definition) is 3. The van der Waals surface area contributed by atoms with Gasteiger partial charge >= 0.3 is 12.4 Å². The first-order valence-corrected chi connectivity index (χ1v) is 8.51. The number of anilines is 2. The number of amides is 1. The second kappa shape index (κ2) is 9.12. The molecule has 156 valence electrons. The Morgan fingerprint density at radius 2 is 1.48 bits per heavy atom. The van der Waals surface area contributed by atoms with E-state index in [1.807, 2.05) is 0 Å². The molecule has 11 heteroatoms. The average molecular weight is 435 g/mol. The minimum Gasteiger partial charge on any atom is -0.358 e. The van der Waals surface area contributed by atoms with E-state index in [4.69, 9.17) is 12.2 Å². The fourth-order valence-corrected chi connectivity index (χ4v) is 2.43. The van der Waals surface area contributed by atoms with E-state index in [-0.39, 0.29) is 17.3 Å². The van der Waals surface area contributed by atoms with Crippen LogP contribution in [0.1, 0.15) is 17.5 Å². The lowest BCUT2D eigenvalue weighted by atomic mass is 10.1. The second-order valence-electron chi connectivity index (χ2n) is 5.92. The molecule has 0 unspecified atom stereocenters. The molecule has 2 aromatic carbocycles. The smallest absolute Gasteiger partial charge is 0.358 e. The monoisotopic (exact) mass is 435 g/mol. The highest BCUT2D eigenvalue weighted by Crippen LogP contribution is 2.29. The van der Waals surface area contributed by atoms with Gasteiger partial charge in [0.05, 0.1) is 5.56 Å². The highest BCUT2D eigenvalue weighted by atomic mass is 32.1. The molecule has 29 heavy (non-hydrogen) atoms. The zero-order chi connectivity index (χ0) is 21.7. The van der Waals surface area contributed by atoms with Crippen molar-refractivity contribution >= 4 is 34.6 Å². The maximum atomic E-state index is 12.7. The Bertz CT molecular complexity index is 865. The number of nitrogens with one attached hydrogen (secondary N) is 3.